The third kappa shape index (κ3) is 1.75. The number of rotatable bonds is 2. The smallest absolute Gasteiger partial charge is 0.131 e. The van der Waals surface area contributed by atoms with Crippen LogP contribution in [0.4, 0.5) is 4.39 Å². The van der Waals surface area contributed by atoms with E-state index >= 15 is 0 Å². The molecule has 68 valence electrons. The van der Waals surface area contributed by atoms with Gasteiger partial charge in [-0.25, -0.2) is 4.39 Å². The molecule has 13 heavy (non-hydrogen) atoms. The average Bonchev–Trinajstić information content (AvgIpc) is 2.07. The SMILES string of the molecule is C=Cc1cc(O)c(C(C)=N)cc1F. The van der Waals surface area contributed by atoms with Crippen molar-refractivity contribution in [2.75, 3.05) is 0 Å². The van der Waals surface area contributed by atoms with Crippen LogP contribution in [-0.4, -0.2) is 10.8 Å². The minimum absolute atomic E-state index is 0.0937. The van der Waals surface area contributed by atoms with E-state index in [4.69, 9.17) is 5.41 Å². The highest BCUT2D eigenvalue weighted by Gasteiger charge is 2.08. The van der Waals surface area contributed by atoms with Gasteiger partial charge in [0.25, 0.3) is 0 Å². The summed E-state index contributed by atoms with van der Waals surface area (Å²) in [5, 5.41) is 16.6. The highest BCUT2D eigenvalue weighted by molar-refractivity contribution is 5.98. The molecule has 0 aliphatic carbocycles. The van der Waals surface area contributed by atoms with E-state index in [0.29, 0.717) is 0 Å². The molecular formula is C10H10FNO. The molecule has 0 saturated heterocycles. The second-order valence-electron chi connectivity index (χ2n) is 2.72. The van der Waals surface area contributed by atoms with Gasteiger partial charge in [-0.1, -0.05) is 12.7 Å². The molecule has 0 radical (unpaired) electrons. The zero-order valence-corrected chi connectivity index (χ0v) is 7.26. The van der Waals surface area contributed by atoms with Crippen molar-refractivity contribution in [3.63, 3.8) is 0 Å². The molecule has 0 aliphatic rings. The monoisotopic (exact) mass is 179 g/mol. The Morgan fingerprint density at radius 3 is 2.69 bits per heavy atom. The molecule has 2 N–H and O–H groups in total. The normalized spacial score (nSPS) is 9.69. The molecule has 0 aliphatic heterocycles. The lowest BCUT2D eigenvalue weighted by Gasteiger charge is -2.04. The first-order valence-corrected chi connectivity index (χ1v) is 3.76. The molecule has 0 heterocycles. The van der Waals surface area contributed by atoms with Crippen LogP contribution < -0.4 is 0 Å². The molecule has 0 spiro atoms. The van der Waals surface area contributed by atoms with Gasteiger partial charge in [0.05, 0.1) is 0 Å². The Balaban J connectivity index is 3.36. The first-order chi connectivity index (χ1) is 6.06. The quantitative estimate of drug-likeness (QED) is 0.673. The number of hydrogen-bond donors (Lipinski definition) is 2. The van der Waals surface area contributed by atoms with Gasteiger partial charge in [-0.3, -0.25) is 0 Å². The highest BCUT2D eigenvalue weighted by Crippen LogP contribution is 2.22. The van der Waals surface area contributed by atoms with Gasteiger partial charge in [-0.05, 0) is 19.1 Å². The molecule has 0 atom stereocenters. The third-order valence-corrected chi connectivity index (χ3v) is 1.74. The minimum Gasteiger partial charge on any atom is -0.507 e. The fraction of sp³-hybridized carbons (Fsp3) is 0.100. The van der Waals surface area contributed by atoms with Crippen molar-refractivity contribution in [3.05, 3.63) is 35.7 Å². The summed E-state index contributed by atoms with van der Waals surface area (Å²) in [5.74, 6) is -0.571. The summed E-state index contributed by atoms with van der Waals surface area (Å²) in [7, 11) is 0. The second kappa shape index (κ2) is 3.39. The summed E-state index contributed by atoms with van der Waals surface area (Å²) in [5.41, 5.74) is 0.581. The average molecular weight is 179 g/mol. The summed E-state index contributed by atoms with van der Waals surface area (Å²) in [4.78, 5) is 0. The summed E-state index contributed by atoms with van der Waals surface area (Å²) in [6.45, 7) is 4.89. The summed E-state index contributed by atoms with van der Waals surface area (Å²) >= 11 is 0. The Morgan fingerprint density at radius 1 is 1.62 bits per heavy atom. The summed E-state index contributed by atoms with van der Waals surface area (Å²) in [6.07, 6.45) is 1.32. The second-order valence-corrected chi connectivity index (χ2v) is 2.72. The number of aromatic hydroxyl groups is 1. The summed E-state index contributed by atoms with van der Waals surface area (Å²) < 4.78 is 13.1. The topological polar surface area (TPSA) is 44.1 Å². The standard InChI is InChI=1S/C10H10FNO/c1-3-7-4-10(13)8(6(2)12)5-9(7)11/h3-5,12-13H,1H2,2H3. The maximum atomic E-state index is 13.1. The molecule has 0 bridgehead atoms. The van der Waals surface area contributed by atoms with Crippen LogP contribution in [0.3, 0.4) is 0 Å². The molecule has 0 fully saturated rings. The van der Waals surface area contributed by atoms with E-state index in [2.05, 4.69) is 6.58 Å². The first kappa shape index (κ1) is 9.45. The zero-order chi connectivity index (χ0) is 10.0. The van der Waals surface area contributed by atoms with Crippen molar-refractivity contribution in [2.45, 2.75) is 6.92 Å². The molecule has 0 unspecified atom stereocenters. The van der Waals surface area contributed by atoms with E-state index in [-0.39, 0.29) is 22.6 Å². The van der Waals surface area contributed by atoms with E-state index in [9.17, 15) is 9.50 Å². The van der Waals surface area contributed by atoms with Gasteiger partial charge in [-0.2, -0.15) is 0 Å². The lowest BCUT2D eigenvalue weighted by molar-refractivity contribution is 0.471. The van der Waals surface area contributed by atoms with Crippen molar-refractivity contribution in [1.29, 1.82) is 5.41 Å². The van der Waals surface area contributed by atoms with Crippen molar-refractivity contribution in [3.8, 4) is 5.75 Å². The number of phenolic OH excluding ortho intramolecular Hbond substituents is 1. The molecule has 3 heteroatoms. The van der Waals surface area contributed by atoms with Crippen molar-refractivity contribution in [1.82, 2.24) is 0 Å². The van der Waals surface area contributed by atoms with E-state index in [1.165, 1.54) is 19.1 Å². The maximum Gasteiger partial charge on any atom is 0.131 e. The molecule has 1 aromatic rings. The van der Waals surface area contributed by atoms with Gasteiger partial charge in [0.2, 0.25) is 0 Å². The van der Waals surface area contributed by atoms with Crippen LogP contribution in [0.25, 0.3) is 6.08 Å². The Kier molecular flexibility index (Phi) is 2.46. The minimum atomic E-state index is -0.477. The zero-order valence-electron chi connectivity index (χ0n) is 7.26. The number of nitrogens with one attached hydrogen (secondary N) is 1. The van der Waals surface area contributed by atoms with Crippen molar-refractivity contribution in [2.24, 2.45) is 0 Å². The third-order valence-electron chi connectivity index (χ3n) is 1.74. The number of hydrogen-bond acceptors (Lipinski definition) is 2. The van der Waals surface area contributed by atoms with Gasteiger partial charge >= 0.3 is 0 Å². The number of phenols is 1. The molecule has 1 aromatic carbocycles. The van der Waals surface area contributed by atoms with Crippen molar-refractivity contribution >= 4 is 11.8 Å². The van der Waals surface area contributed by atoms with Gasteiger partial charge in [0, 0.05) is 16.8 Å². The van der Waals surface area contributed by atoms with Crippen LogP contribution in [0.15, 0.2) is 18.7 Å². The van der Waals surface area contributed by atoms with Gasteiger partial charge in [0.15, 0.2) is 0 Å². The fourth-order valence-electron chi connectivity index (χ4n) is 1.03. The van der Waals surface area contributed by atoms with Gasteiger partial charge < -0.3 is 10.5 Å². The molecule has 0 saturated carbocycles. The lowest BCUT2D eigenvalue weighted by Crippen LogP contribution is -1.95. The van der Waals surface area contributed by atoms with Gasteiger partial charge in [0.1, 0.15) is 11.6 Å². The van der Waals surface area contributed by atoms with Crippen LogP contribution in [0, 0.1) is 11.2 Å². The molecule has 1 rings (SSSR count). The Labute approximate surface area is 75.8 Å². The molecule has 2 nitrogen and oxygen atoms in total. The van der Waals surface area contributed by atoms with E-state index in [0.717, 1.165) is 6.07 Å². The number of benzene rings is 1. The van der Waals surface area contributed by atoms with E-state index in [1.807, 2.05) is 0 Å². The summed E-state index contributed by atoms with van der Waals surface area (Å²) in [6, 6.07) is 2.39. The Hall–Kier alpha value is -1.64. The number of halogens is 1. The Morgan fingerprint density at radius 2 is 2.23 bits per heavy atom. The van der Waals surface area contributed by atoms with Crippen LogP contribution >= 0.6 is 0 Å². The van der Waals surface area contributed by atoms with Crippen LogP contribution in [0.5, 0.6) is 5.75 Å². The molecule has 0 amide bonds. The lowest BCUT2D eigenvalue weighted by atomic mass is 10.1. The largest absolute Gasteiger partial charge is 0.507 e. The predicted octanol–water partition coefficient (Wildman–Crippen LogP) is 2.56. The van der Waals surface area contributed by atoms with Gasteiger partial charge in [-0.15, -0.1) is 0 Å². The van der Waals surface area contributed by atoms with E-state index < -0.39 is 5.82 Å². The van der Waals surface area contributed by atoms with Crippen LogP contribution in [0.2, 0.25) is 0 Å². The van der Waals surface area contributed by atoms with Crippen molar-refractivity contribution < 1.29 is 9.50 Å². The molecular weight excluding hydrogens is 169 g/mol. The predicted molar refractivity (Wildman–Crippen MR) is 50.7 cm³/mol. The van der Waals surface area contributed by atoms with Crippen LogP contribution in [0.1, 0.15) is 18.1 Å². The molecule has 0 aromatic heterocycles. The fourth-order valence-corrected chi connectivity index (χ4v) is 1.03. The highest BCUT2D eigenvalue weighted by atomic mass is 19.1. The first-order valence-electron chi connectivity index (χ1n) is 3.76. The van der Waals surface area contributed by atoms with E-state index in [1.54, 1.807) is 0 Å². The maximum absolute atomic E-state index is 13.1. The Bertz CT molecular complexity index is 371. The van der Waals surface area contributed by atoms with Crippen LogP contribution in [-0.2, 0) is 0 Å².